The topological polar surface area (TPSA) is 29.5 Å². The van der Waals surface area contributed by atoms with E-state index in [0.29, 0.717) is 6.07 Å². The second-order valence-electron chi connectivity index (χ2n) is 5.81. The van der Waals surface area contributed by atoms with Gasteiger partial charge >= 0.3 is 12.4 Å². The highest BCUT2D eigenvalue weighted by Crippen LogP contribution is 2.57. The normalized spacial score (nSPS) is 13.0. The maximum Gasteiger partial charge on any atom is 0.411 e. The fourth-order valence-corrected chi connectivity index (χ4v) is 3.21. The molecule has 26 heavy (non-hydrogen) atoms. The summed E-state index contributed by atoms with van der Waals surface area (Å²) in [5.41, 5.74) is -6.85. The number of phenols is 1. The van der Waals surface area contributed by atoms with Crippen molar-refractivity contribution in [3.63, 3.8) is 0 Å². The molecular formula is C17H14F6O2S. The van der Waals surface area contributed by atoms with Gasteiger partial charge in [-0.1, -0.05) is 12.1 Å². The summed E-state index contributed by atoms with van der Waals surface area (Å²) in [5, 5.41) is 9.41. The second kappa shape index (κ2) is 6.61. The van der Waals surface area contributed by atoms with Crippen LogP contribution in [0.4, 0.5) is 26.3 Å². The highest BCUT2D eigenvalue weighted by Gasteiger charge is 2.73. The van der Waals surface area contributed by atoms with Crippen LogP contribution >= 0.6 is 12.9 Å². The molecule has 0 atom stereocenters. The number of aromatic hydroxyl groups is 1. The number of rotatable bonds is 3. The molecule has 142 valence electrons. The summed E-state index contributed by atoms with van der Waals surface area (Å²) in [4.78, 5) is 0. The van der Waals surface area contributed by atoms with E-state index >= 15 is 0 Å². The van der Waals surface area contributed by atoms with Crippen molar-refractivity contribution >= 4 is 12.9 Å². The van der Waals surface area contributed by atoms with Gasteiger partial charge in [-0.05, 0) is 60.4 Å². The minimum atomic E-state index is -5.69. The largest absolute Gasteiger partial charge is 0.508 e. The lowest BCUT2D eigenvalue weighted by molar-refractivity contribution is -0.289. The van der Waals surface area contributed by atoms with Crippen molar-refractivity contribution in [3.05, 3.63) is 58.7 Å². The predicted molar refractivity (Wildman–Crippen MR) is 86.5 cm³/mol. The molecule has 9 heteroatoms. The van der Waals surface area contributed by atoms with Crippen LogP contribution < -0.4 is 4.18 Å². The summed E-state index contributed by atoms with van der Waals surface area (Å²) < 4.78 is 88.9. The zero-order chi connectivity index (χ0) is 19.9. The first-order valence-corrected chi connectivity index (χ1v) is 7.59. The van der Waals surface area contributed by atoms with Crippen LogP contribution in [0, 0.1) is 13.8 Å². The lowest BCUT2D eigenvalue weighted by atomic mass is 9.70. The van der Waals surface area contributed by atoms with Crippen LogP contribution in [0.1, 0.15) is 22.3 Å². The van der Waals surface area contributed by atoms with Crippen molar-refractivity contribution in [2.24, 2.45) is 0 Å². The van der Waals surface area contributed by atoms with Crippen molar-refractivity contribution in [2.45, 2.75) is 31.6 Å². The number of phenolic OH excluding ortho intramolecular Hbond substituents is 1. The molecule has 0 aliphatic heterocycles. The first kappa shape index (κ1) is 20.3. The lowest BCUT2D eigenvalue weighted by Crippen LogP contribution is -2.55. The van der Waals surface area contributed by atoms with Gasteiger partial charge in [0.05, 0.1) is 0 Å². The number of aryl methyl sites for hydroxylation is 2. The van der Waals surface area contributed by atoms with Gasteiger partial charge in [0.1, 0.15) is 11.5 Å². The molecule has 0 amide bonds. The van der Waals surface area contributed by atoms with E-state index in [0.717, 1.165) is 44.2 Å². The van der Waals surface area contributed by atoms with E-state index in [1.165, 1.54) is 0 Å². The number of hydrogen-bond acceptors (Lipinski definition) is 3. The summed E-state index contributed by atoms with van der Waals surface area (Å²) in [6, 6.07) is 5.07. The molecule has 0 aromatic heterocycles. The Balaban J connectivity index is 2.99. The highest BCUT2D eigenvalue weighted by atomic mass is 32.1. The average molecular weight is 396 g/mol. The van der Waals surface area contributed by atoms with E-state index in [9.17, 15) is 31.4 Å². The Kier molecular flexibility index (Phi) is 5.15. The number of halogens is 6. The van der Waals surface area contributed by atoms with Crippen LogP contribution in [-0.2, 0) is 5.41 Å². The molecule has 2 nitrogen and oxygen atoms in total. The molecule has 1 N–H and O–H groups in total. The summed E-state index contributed by atoms with van der Waals surface area (Å²) in [6.45, 7) is 2.22. The summed E-state index contributed by atoms with van der Waals surface area (Å²) in [6.07, 6.45) is -11.4. The monoisotopic (exact) mass is 396 g/mol. The minimum Gasteiger partial charge on any atom is -0.508 e. The molecule has 0 saturated heterocycles. The van der Waals surface area contributed by atoms with E-state index in [1.807, 2.05) is 0 Å². The molecular weight excluding hydrogens is 382 g/mol. The Hall–Kier alpha value is -2.03. The van der Waals surface area contributed by atoms with Crippen molar-refractivity contribution in [1.82, 2.24) is 0 Å². The van der Waals surface area contributed by atoms with E-state index in [-0.39, 0.29) is 16.9 Å². The van der Waals surface area contributed by atoms with Crippen LogP contribution in [0.3, 0.4) is 0 Å². The summed E-state index contributed by atoms with van der Waals surface area (Å²) >= 11 is 3.50. The summed E-state index contributed by atoms with van der Waals surface area (Å²) in [7, 11) is 0. The second-order valence-corrected chi connectivity index (χ2v) is 6.00. The molecule has 0 fully saturated rings. The molecule has 0 aliphatic carbocycles. The predicted octanol–water partition coefficient (Wildman–Crippen LogP) is 5.64. The van der Waals surface area contributed by atoms with Crippen molar-refractivity contribution in [3.8, 4) is 11.5 Å². The summed E-state index contributed by atoms with van der Waals surface area (Å²) in [5.74, 6) is -0.421. The SMILES string of the molecule is Cc1cc(O)ccc1C(c1ccc(OS)cc1C)(C(F)(F)F)C(F)(F)F. The first-order chi connectivity index (χ1) is 11.9. The van der Waals surface area contributed by atoms with Gasteiger partial charge in [0, 0.05) is 12.9 Å². The number of hydrogen-bond donors (Lipinski definition) is 2. The third-order valence-electron chi connectivity index (χ3n) is 4.17. The number of benzene rings is 2. The number of alkyl halides is 6. The van der Waals surface area contributed by atoms with Crippen LogP contribution in [0.2, 0.25) is 0 Å². The van der Waals surface area contributed by atoms with E-state index in [1.54, 1.807) is 0 Å². The Labute approximate surface area is 151 Å². The molecule has 2 aromatic carbocycles. The molecule has 0 radical (unpaired) electrons. The lowest BCUT2D eigenvalue weighted by Gasteiger charge is -2.40. The zero-order valence-corrected chi connectivity index (χ0v) is 14.4. The molecule has 0 aliphatic rings. The van der Waals surface area contributed by atoms with Crippen LogP contribution in [0.15, 0.2) is 36.4 Å². The maximum atomic E-state index is 14.1. The Morgan fingerprint density at radius 2 is 1.27 bits per heavy atom. The van der Waals surface area contributed by atoms with Crippen molar-refractivity contribution < 1.29 is 35.6 Å². The van der Waals surface area contributed by atoms with E-state index in [4.69, 9.17) is 0 Å². The Bertz CT molecular complexity index is 800. The number of thiol groups is 1. The van der Waals surface area contributed by atoms with Gasteiger partial charge in [0.15, 0.2) is 0 Å². The van der Waals surface area contributed by atoms with Crippen molar-refractivity contribution in [2.75, 3.05) is 0 Å². The Morgan fingerprint density at radius 3 is 1.65 bits per heavy atom. The average Bonchev–Trinajstić information content (AvgIpc) is 2.48. The molecule has 2 rings (SSSR count). The Morgan fingerprint density at radius 1 is 0.808 bits per heavy atom. The quantitative estimate of drug-likeness (QED) is 0.399. The molecule has 0 spiro atoms. The van der Waals surface area contributed by atoms with Gasteiger partial charge in [-0.25, -0.2) is 0 Å². The fourth-order valence-electron chi connectivity index (χ4n) is 3.10. The van der Waals surface area contributed by atoms with Gasteiger partial charge in [-0.2, -0.15) is 26.3 Å². The molecule has 0 saturated carbocycles. The third-order valence-corrected chi connectivity index (χ3v) is 4.38. The smallest absolute Gasteiger partial charge is 0.411 e. The third kappa shape index (κ3) is 3.08. The van der Waals surface area contributed by atoms with Crippen LogP contribution in [0.25, 0.3) is 0 Å². The molecule has 0 bridgehead atoms. The maximum absolute atomic E-state index is 14.1. The van der Waals surface area contributed by atoms with Gasteiger partial charge in [-0.3, -0.25) is 0 Å². The zero-order valence-electron chi connectivity index (χ0n) is 13.5. The van der Waals surface area contributed by atoms with Crippen molar-refractivity contribution in [1.29, 1.82) is 0 Å². The molecule has 2 aromatic rings. The van der Waals surface area contributed by atoms with Gasteiger partial charge < -0.3 is 9.29 Å². The van der Waals surface area contributed by atoms with Crippen LogP contribution in [0.5, 0.6) is 11.5 Å². The van der Waals surface area contributed by atoms with E-state index < -0.39 is 34.6 Å². The highest BCUT2D eigenvalue weighted by molar-refractivity contribution is 7.75. The van der Waals surface area contributed by atoms with Gasteiger partial charge in [0.2, 0.25) is 5.41 Å². The minimum absolute atomic E-state index is 0.00950. The first-order valence-electron chi connectivity index (χ1n) is 7.22. The standard InChI is InChI=1S/C17H14F6O2S/c1-9-7-11(24)3-5-13(9)15(16(18,19)20,17(21,22)23)14-6-4-12(25-26)8-10(14)2/h3-8,24,26H,1-2H3. The van der Waals surface area contributed by atoms with Crippen LogP contribution in [-0.4, -0.2) is 17.5 Å². The molecule has 0 heterocycles. The molecule has 0 unspecified atom stereocenters. The van der Waals surface area contributed by atoms with E-state index in [2.05, 4.69) is 17.1 Å². The van der Waals surface area contributed by atoms with Gasteiger partial charge in [0.25, 0.3) is 0 Å². The fraction of sp³-hybridized carbons (Fsp3) is 0.294. The van der Waals surface area contributed by atoms with Gasteiger partial charge in [-0.15, -0.1) is 0 Å².